The van der Waals surface area contributed by atoms with E-state index in [0.29, 0.717) is 23.8 Å². The fourth-order valence-electron chi connectivity index (χ4n) is 3.31. The van der Waals surface area contributed by atoms with Crippen LogP contribution < -0.4 is 9.47 Å². The summed E-state index contributed by atoms with van der Waals surface area (Å²) in [6.45, 7) is 4.65. The van der Waals surface area contributed by atoms with E-state index in [0.717, 1.165) is 23.3 Å². The van der Waals surface area contributed by atoms with E-state index in [-0.39, 0.29) is 11.5 Å². The molecule has 1 aromatic carbocycles. The van der Waals surface area contributed by atoms with Crippen LogP contribution in [0.3, 0.4) is 0 Å². The highest BCUT2D eigenvalue weighted by Crippen LogP contribution is 2.39. The lowest BCUT2D eigenvalue weighted by Crippen LogP contribution is -2.04. The molecule has 2 aromatic rings. The highest BCUT2D eigenvalue weighted by Gasteiger charge is 2.24. The minimum atomic E-state index is -4.58. The molecule has 9 heteroatoms. The minimum Gasteiger partial charge on any atom is -0.493 e. The minimum absolute atomic E-state index is 0.101. The Labute approximate surface area is 193 Å². The standard InChI is InChI=1S/C24H26N2O6S/c1-5-9-18(17-10-7-8-11-19(17)25-12-6-2)24-26-15-21(32-24)16-13-20(30-3)23(31-4)22(14-16)33(27,28)29/h5,7-11,13-15H,6,12H2,1-4H3,(H,27,28,29)/b9-5-,18-17+,25-19?. The number of rotatable bonds is 8. The second kappa shape index (κ2) is 10.5. The molecule has 0 aliphatic heterocycles. The van der Waals surface area contributed by atoms with Crippen molar-refractivity contribution in [2.45, 2.75) is 25.2 Å². The van der Waals surface area contributed by atoms with Gasteiger partial charge in [0, 0.05) is 23.3 Å². The van der Waals surface area contributed by atoms with E-state index in [1.54, 1.807) is 6.07 Å². The number of aromatic nitrogens is 1. The van der Waals surface area contributed by atoms with E-state index < -0.39 is 15.0 Å². The first-order valence-corrected chi connectivity index (χ1v) is 11.7. The van der Waals surface area contributed by atoms with Crippen LogP contribution in [0.4, 0.5) is 0 Å². The molecule has 174 valence electrons. The second-order valence-corrected chi connectivity index (χ2v) is 8.42. The van der Waals surface area contributed by atoms with E-state index in [1.165, 1.54) is 26.5 Å². The maximum atomic E-state index is 11.9. The highest BCUT2D eigenvalue weighted by molar-refractivity contribution is 7.86. The largest absolute Gasteiger partial charge is 0.493 e. The summed E-state index contributed by atoms with van der Waals surface area (Å²) in [5.41, 5.74) is 2.77. The molecular formula is C24H26N2O6S. The Hall–Kier alpha value is -3.43. The molecule has 0 radical (unpaired) electrons. The van der Waals surface area contributed by atoms with E-state index in [1.807, 2.05) is 43.4 Å². The summed E-state index contributed by atoms with van der Waals surface area (Å²) in [5, 5.41) is 0. The topological polar surface area (TPSA) is 111 Å². The van der Waals surface area contributed by atoms with Crippen LogP contribution in [0.25, 0.3) is 16.9 Å². The van der Waals surface area contributed by atoms with Gasteiger partial charge >= 0.3 is 0 Å². The van der Waals surface area contributed by atoms with Crippen molar-refractivity contribution in [1.29, 1.82) is 0 Å². The molecule has 0 amide bonds. The number of hydrogen-bond acceptors (Lipinski definition) is 7. The van der Waals surface area contributed by atoms with Crippen LogP contribution in [0.15, 0.2) is 74.7 Å². The Balaban J connectivity index is 2.16. The third kappa shape index (κ3) is 5.32. The summed E-state index contributed by atoms with van der Waals surface area (Å²) in [7, 11) is -1.92. The average Bonchev–Trinajstić information content (AvgIpc) is 3.30. The van der Waals surface area contributed by atoms with Gasteiger partial charge in [-0.2, -0.15) is 8.42 Å². The van der Waals surface area contributed by atoms with Crippen LogP contribution in [0.5, 0.6) is 11.5 Å². The quantitative estimate of drug-likeness (QED) is 0.546. The maximum Gasteiger partial charge on any atom is 0.298 e. The number of ether oxygens (including phenoxy) is 2. The Bertz CT molecular complexity index is 1280. The van der Waals surface area contributed by atoms with Crippen molar-refractivity contribution in [2.24, 2.45) is 4.99 Å². The predicted octanol–water partition coefficient (Wildman–Crippen LogP) is 4.91. The zero-order valence-electron chi connectivity index (χ0n) is 18.9. The van der Waals surface area contributed by atoms with Gasteiger partial charge in [-0.15, -0.1) is 0 Å². The van der Waals surface area contributed by atoms with Gasteiger partial charge in [0.25, 0.3) is 10.1 Å². The lowest BCUT2D eigenvalue weighted by Gasteiger charge is -2.12. The van der Waals surface area contributed by atoms with Gasteiger partial charge in [0.2, 0.25) is 5.89 Å². The summed E-state index contributed by atoms with van der Waals surface area (Å²) in [6.07, 6.45) is 13.9. The lowest BCUT2D eigenvalue weighted by atomic mass is 9.98. The molecule has 3 rings (SSSR count). The van der Waals surface area contributed by atoms with E-state index in [4.69, 9.17) is 13.9 Å². The van der Waals surface area contributed by atoms with Gasteiger partial charge < -0.3 is 13.9 Å². The molecule has 1 heterocycles. The monoisotopic (exact) mass is 470 g/mol. The average molecular weight is 471 g/mol. The Kier molecular flexibility index (Phi) is 7.67. The molecule has 1 aromatic heterocycles. The van der Waals surface area contributed by atoms with Gasteiger partial charge in [-0.3, -0.25) is 9.55 Å². The van der Waals surface area contributed by atoms with Gasteiger partial charge in [0.15, 0.2) is 17.3 Å². The molecule has 33 heavy (non-hydrogen) atoms. The van der Waals surface area contributed by atoms with Crippen molar-refractivity contribution >= 4 is 21.4 Å². The van der Waals surface area contributed by atoms with Gasteiger partial charge in [0.05, 0.1) is 26.1 Å². The number of nitrogens with zero attached hydrogens (tertiary/aromatic N) is 2. The Morgan fingerprint density at radius 1 is 1.21 bits per heavy atom. The second-order valence-electron chi connectivity index (χ2n) is 7.03. The van der Waals surface area contributed by atoms with Crippen molar-refractivity contribution in [3.63, 3.8) is 0 Å². The molecule has 0 atom stereocenters. The highest BCUT2D eigenvalue weighted by atomic mass is 32.2. The van der Waals surface area contributed by atoms with E-state index in [9.17, 15) is 13.0 Å². The van der Waals surface area contributed by atoms with Crippen molar-refractivity contribution in [1.82, 2.24) is 4.98 Å². The van der Waals surface area contributed by atoms with Gasteiger partial charge in [-0.25, -0.2) is 4.98 Å². The number of methoxy groups -OCH3 is 2. The van der Waals surface area contributed by atoms with Gasteiger partial charge in [-0.05, 0) is 31.6 Å². The zero-order chi connectivity index (χ0) is 24.0. The molecule has 0 spiro atoms. The lowest BCUT2D eigenvalue weighted by molar-refractivity contribution is 0.345. The SMILES string of the molecule is C/C=C\C(=C1\C=CC=CC1=NCCC)c1ncc(-c2cc(OC)c(OC)c(S(=O)(=O)O)c2)o1. The smallest absolute Gasteiger partial charge is 0.298 e. The summed E-state index contributed by atoms with van der Waals surface area (Å²) in [6, 6.07) is 2.80. The van der Waals surface area contributed by atoms with Crippen LogP contribution in [0.1, 0.15) is 26.2 Å². The fourth-order valence-corrected chi connectivity index (χ4v) is 4.00. The number of hydrogen-bond donors (Lipinski definition) is 1. The number of allylic oxidation sites excluding steroid dienone is 8. The number of benzene rings is 1. The van der Waals surface area contributed by atoms with Crippen LogP contribution >= 0.6 is 0 Å². The molecule has 0 fully saturated rings. The molecule has 0 bridgehead atoms. The summed E-state index contributed by atoms with van der Waals surface area (Å²) >= 11 is 0. The first-order chi connectivity index (χ1) is 15.8. The van der Waals surface area contributed by atoms with Crippen LogP contribution in [0.2, 0.25) is 0 Å². The normalized spacial score (nSPS) is 16.6. The molecule has 0 saturated carbocycles. The molecule has 0 unspecified atom stereocenters. The maximum absolute atomic E-state index is 11.9. The molecule has 1 aliphatic rings. The third-order valence-corrected chi connectivity index (χ3v) is 5.64. The van der Waals surface area contributed by atoms with Gasteiger partial charge in [-0.1, -0.05) is 37.3 Å². The first kappa shape index (κ1) is 24.2. The zero-order valence-corrected chi connectivity index (χ0v) is 19.7. The van der Waals surface area contributed by atoms with Crippen molar-refractivity contribution in [3.05, 3.63) is 66.2 Å². The van der Waals surface area contributed by atoms with Gasteiger partial charge in [0.1, 0.15) is 4.90 Å². The van der Waals surface area contributed by atoms with E-state index in [2.05, 4.69) is 16.9 Å². The summed E-state index contributed by atoms with van der Waals surface area (Å²) in [5.74, 6) is 0.657. The summed E-state index contributed by atoms with van der Waals surface area (Å²) < 4.78 is 49.9. The molecule has 1 N–H and O–H groups in total. The molecule has 8 nitrogen and oxygen atoms in total. The molecular weight excluding hydrogens is 444 g/mol. The first-order valence-electron chi connectivity index (χ1n) is 10.3. The fraction of sp³-hybridized carbons (Fsp3) is 0.250. The number of oxazole rings is 1. The van der Waals surface area contributed by atoms with Crippen LogP contribution in [-0.4, -0.2) is 44.4 Å². The third-order valence-electron chi connectivity index (χ3n) is 4.78. The molecule has 0 saturated heterocycles. The van der Waals surface area contributed by atoms with Crippen LogP contribution in [0, 0.1) is 0 Å². The Morgan fingerprint density at radius 2 is 1.97 bits per heavy atom. The predicted molar refractivity (Wildman–Crippen MR) is 127 cm³/mol. The number of aliphatic imine (C=N–C) groups is 1. The van der Waals surface area contributed by atoms with Crippen molar-refractivity contribution in [3.8, 4) is 22.8 Å². The summed E-state index contributed by atoms with van der Waals surface area (Å²) in [4.78, 5) is 8.64. The Morgan fingerprint density at radius 3 is 2.61 bits per heavy atom. The van der Waals surface area contributed by atoms with Crippen molar-refractivity contribution < 1.29 is 26.9 Å². The van der Waals surface area contributed by atoms with Crippen LogP contribution in [-0.2, 0) is 10.1 Å². The van der Waals surface area contributed by atoms with Crippen molar-refractivity contribution in [2.75, 3.05) is 20.8 Å². The molecule has 1 aliphatic carbocycles. The van der Waals surface area contributed by atoms with E-state index >= 15 is 0 Å².